The first kappa shape index (κ1) is 28.2. The predicted molar refractivity (Wildman–Crippen MR) is 146 cm³/mol. The average molecular weight is 469 g/mol. The van der Waals surface area contributed by atoms with E-state index in [9.17, 15) is 0 Å². The van der Waals surface area contributed by atoms with Crippen LogP contribution in [0.1, 0.15) is 90.5 Å². The number of hydrogen-bond acceptors (Lipinski definition) is 2. The molecule has 0 heterocycles. The van der Waals surface area contributed by atoms with Gasteiger partial charge in [0.1, 0.15) is 31.2 Å². The summed E-state index contributed by atoms with van der Waals surface area (Å²) in [5.74, 6) is 1.83. The molecule has 190 valence electrons. The van der Waals surface area contributed by atoms with Crippen molar-refractivity contribution in [1.29, 1.82) is 0 Å². The van der Waals surface area contributed by atoms with E-state index < -0.39 is 0 Å². The summed E-state index contributed by atoms with van der Waals surface area (Å²) in [6.45, 7) is 12.6. The van der Waals surface area contributed by atoms with E-state index in [0.29, 0.717) is 0 Å². The Labute approximate surface area is 210 Å². The lowest BCUT2D eigenvalue weighted by molar-refractivity contribution is -0.937. The second-order valence-corrected chi connectivity index (χ2v) is 9.70. The van der Waals surface area contributed by atoms with E-state index in [0.717, 1.165) is 61.8 Å². The highest BCUT2D eigenvalue weighted by Gasteiger charge is 2.23. The fraction of sp³-hybridized carbons (Fsp3) is 0.613. The fourth-order valence-corrected chi connectivity index (χ4v) is 4.60. The summed E-state index contributed by atoms with van der Waals surface area (Å²) in [4.78, 5) is 0. The van der Waals surface area contributed by atoms with Gasteiger partial charge in [-0.3, -0.25) is 0 Å². The van der Waals surface area contributed by atoms with E-state index in [1.165, 1.54) is 63.4 Å². The Balaban J connectivity index is 1.64. The highest BCUT2D eigenvalue weighted by atomic mass is 16.5. The first-order valence-electron chi connectivity index (χ1n) is 14.0. The third-order valence-electron chi connectivity index (χ3n) is 7.11. The molecular weight excluding hydrogens is 418 g/mol. The summed E-state index contributed by atoms with van der Waals surface area (Å²) in [7, 11) is 0. The van der Waals surface area contributed by atoms with Gasteiger partial charge >= 0.3 is 0 Å². The molecule has 3 heteroatoms. The topological polar surface area (TPSA) is 18.5 Å². The highest BCUT2D eigenvalue weighted by molar-refractivity contribution is 5.32. The van der Waals surface area contributed by atoms with Gasteiger partial charge in [0.2, 0.25) is 0 Å². The molecule has 0 aliphatic carbocycles. The lowest BCUT2D eigenvalue weighted by atomic mass is 10.1. The van der Waals surface area contributed by atoms with Crippen LogP contribution in [0, 0.1) is 0 Å². The van der Waals surface area contributed by atoms with Crippen LogP contribution in [-0.4, -0.2) is 37.3 Å². The molecule has 0 radical (unpaired) electrons. The standard InChI is InChI=1S/C31H50NO2/c1-4-7-8-9-10-11-12-13-14-18-25-33-30-22-19-23-31(27-30)34-26-24-32(5-2,6-3)28-29-20-16-15-17-21-29/h15-17,19-23,27H,4-14,18,24-26,28H2,1-3H3/q+1. The Hall–Kier alpha value is -2.00. The number of quaternary nitrogens is 1. The largest absolute Gasteiger partial charge is 0.493 e. The molecule has 0 saturated heterocycles. The van der Waals surface area contributed by atoms with Crippen LogP contribution in [0.5, 0.6) is 11.5 Å². The zero-order valence-corrected chi connectivity index (χ0v) is 22.3. The normalized spacial score (nSPS) is 11.5. The molecule has 2 aromatic carbocycles. The van der Waals surface area contributed by atoms with Crippen molar-refractivity contribution in [1.82, 2.24) is 0 Å². The Kier molecular flexibility index (Phi) is 14.5. The zero-order valence-electron chi connectivity index (χ0n) is 22.3. The van der Waals surface area contributed by atoms with E-state index in [-0.39, 0.29) is 0 Å². The van der Waals surface area contributed by atoms with Gasteiger partial charge in [-0.25, -0.2) is 0 Å². The lowest BCUT2D eigenvalue weighted by Gasteiger charge is -2.37. The zero-order chi connectivity index (χ0) is 24.3. The van der Waals surface area contributed by atoms with Gasteiger partial charge in [-0.15, -0.1) is 0 Å². The fourth-order valence-electron chi connectivity index (χ4n) is 4.60. The van der Waals surface area contributed by atoms with Crippen LogP contribution in [0.15, 0.2) is 54.6 Å². The van der Waals surface area contributed by atoms with Crippen molar-refractivity contribution in [3.63, 3.8) is 0 Å². The monoisotopic (exact) mass is 468 g/mol. The van der Waals surface area contributed by atoms with Gasteiger partial charge in [-0.2, -0.15) is 0 Å². The van der Waals surface area contributed by atoms with Crippen molar-refractivity contribution < 1.29 is 14.0 Å². The third kappa shape index (κ3) is 11.4. The van der Waals surface area contributed by atoms with Crippen molar-refractivity contribution in [3.8, 4) is 11.5 Å². The van der Waals surface area contributed by atoms with Crippen LogP contribution in [0.3, 0.4) is 0 Å². The summed E-state index contributed by atoms with van der Waals surface area (Å²) in [6, 6.07) is 19.0. The van der Waals surface area contributed by atoms with E-state index in [1.807, 2.05) is 24.3 Å². The number of ether oxygens (including phenoxy) is 2. The molecule has 0 bridgehead atoms. The maximum atomic E-state index is 6.15. The van der Waals surface area contributed by atoms with Crippen molar-refractivity contribution in [3.05, 3.63) is 60.2 Å². The second kappa shape index (κ2) is 17.4. The summed E-state index contributed by atoms with van der Waals surface area (Å²) in [6.07, 6.45) is 13.5. The number of hydrogen-bond donors (Lipinski definition) is 0. The van der Waals surface area contributed by atoms with Crippen LogP contribution < -0.4 is 9.47 Å². The summed E-state index contributed by atoms with van der Waals surface area (Å²) < 4.78 is 13.2. The maximum absolute atomic E-state index is 6.15. The van der Waals surface area contributed by atoms with Crippen molar-refractivity contribution in [2.75, 3.05) is 32.8 Å². The Morgan fingerprint density at radius 1 is 0.588 bits per heavy atom. The number of rotatable bonds is 20. The van der Waals surface area contributed by atoms with E-state index >= 15 is 0 Å². The number of unbranched alkanes of at least 4 members (excludes halogenated alkanes) is 9. The lowest BCUT2D eigenvalue weighted by Crippen LogP contribution is -2.49. The number of benzene rings is 2. The van der Waals surface area contributed by atoms with Gasteiger partial charge in [0.15, 0.2) is 0 Å². The van der Waals surface area contributed by atoms with Gasteiger partial charge in [-0.05, 0) is 32.4 Å². The van der Waals surface area contributed by atoms with Crippen LogP contribution in [0.4, 0.5) is 0 Å². The number of nitrogens with zero attached hydrogens (tertiary/aromatic N) is 1. The Morgan fingerprint density at radius 2 is 1.15 bits per heavy atom. The molecule has 0 N–H and O–H groups in total. The van der Waals surface area contributed by atoms with Gasteiger partial charge in [0, 0.05) is 11.6 Å². The van der Waals surface area contributed by atoms with E-state index in [1.54, 1.807) is 0 Å². The number of likely N-dealkylation sites (N-methyl/N-ethyl adjacent to an activating group) is 1. The first-order chi connectivity index (χ1) is 16.7. The quantitative estimate of drug-likeness (QED) is 0.143. The highest BCUT2D eigenvalue weighted by Crippen LogP contribution is 2.21. The summed E-state index contributed by atoms with van der Waals surface area (Å²) in [5, 5.41) is 0. The first-order valence-corrected chi connectivity index (χ1v) is 14.0. The molecule has 2 aromatic rings. The molecule has 2 rings (SSSR count). The minimum atomic E-state index is 0.719. The van der Waals surface area contributed by atoms with Crippen LogP contribution in [-0.2, 0) is 6.54 Å². The molecule has 0 saturated carbocycles. The van der Waals surface area contributed by atoms with Crippen molar-refractivity contribution in [2.24, 2.45) is 0 Å². The molecule has 3 nitrogen and oxygen atoms in total. The molecule has 0 aliphatic heterocycles. The average Bonchev–Trinajstić information content (AvgIpc) is 2.87. The van der Waals surface area contributed by atoms with Crippen molar-refractivity contribution in [2.45, 2.75) is 91.5 Å². The van der Waals surface area contributed by atoms with Gasteiger partial charge < -0.3 is 14.0 Å². The SMILES string of the molecule is CCCCCCCCCCCCOc1cccc(OCC[N+](CC)(CC)Cc2ccccc2)c1. The molecule has 0 atom stereocenters. The predicted octanol–water partition coefficient (Wildman–Crippen LogP) is 8.42. The summed E-state index contributed by atoms with van der Waals surface area (Å²) in [5.41, 5.74) is 1.40. The van der Waals surface area contributed by atoms with Gasteiger partial charge in [0.05, 0.1) is 19.7 Å². The summed E-state index contributed by atoms with van der Waals surface area (Å²) >= 11 is 0. The van der Waals surface area contributed by atoms with Crippen LogP contribution in [0.25, 0.3) is 0 Å². The molecule has 0 aliphatic rings. The van der Waals surface area contributed by atoms with E-state index in [4.69, 9.17) is 9.47 Å². The van der Waals surface area contributed by atoms with E-state index in [2.05, 4.69) is 51.1 Å². The smallest absolute Gasteiger partial charge is 0.137 e. The molecule has 0 spiro atoms. The minimum absolute atomic E-state index is 0.719. The van der Waals surface area contributed by atoms with Crippen molar-refractivity contribution >= 4 is 0 Å². The van der Waals surface area contributed by atoms with Gasteiger partial charge in [-0.1, -0.05) is 101 Å². The molecule has 0 fully saturated rings. The molecular formula is C31H50NO2+. The minimum Gasteiger partial charge on any atom is -0.493 e. The molecule has 0 aromatic heterocycles. The Morgan fingerprint density at radius 3 is 1.74 bits per heavy atom. The molecule has 0 amide bonds. The van der Waals surface area contributed by atoms with Crippen LogP contribution >= 0.6 is 0 Å². The third-order valence-corrected chi connectivity index (χ3v) is 7.11. The second-order valence-electron chi connectivity index (χ2n) is 9.70. The molecule has 0 unspecified atom stereocenters. The maximum Gasteiger partial charge on any atom is 0.137 e. The Bertz CT molecular complexity index is 742. The van der Waals surface area contributed by atoms with Gasteiger partial charge in [0.25, 0.3) is 0 Å². The molecule has 34 heavy (non-hydrogen) atoms. The van der Waals surface area contributed by atoms with Crippen LogP contribution in [0.2, 0.25) is 0 Å².